The molecule has 0 bridgehead atoms. The van der Waals surface area contributed by atoms with Crippen molar-refractivity contribution in [2.24, 2.45) is 0 Å². The van der Waals surface area contributed by atoms with Crippen molar-refractivity contribution in [3.8, 4) is 0 Å². The molecule has 1 aromatic heterocycles. The number of aromatic nitrogens is 2. The quantitative estimate of drug-likeness (QED) is 0.791. The predicted molar refractivity (Wildman–Crippen MR) is 83.5 cm³/mol. The van der Waals surface area contributed by atoms with Gasteiger partial charge in [-0.25, -0.2) is 4.98 Å². The lowest BCUT2D eigenvalue weighted by Gasteiger charge is -2.24. The summed E-state index contributed by atoms with van der Waals surface area (Å²) in [4.78, 5) is 4.10. The molecule has 0 saturated carbocycles. The van der Waals surface area contributed by atoms with Crippen molar-refractivity contribution in [3.05, 3.63) is 54.6 Å². The number of imidazole rings is 1. The number of unbranched alkanes of at least 4 members (excludes halogenated alkanes) is 1. The van der Waals surface area contributed by atoms with Crippen LogP contribution in [0.15, 0.2) is 49.1 Å². The SMILES string of the molecule is CCCCC(NC(C)Cn1ccnc1)c1ccccc1. The molecule has 0 fully saturated rings. The van der Waals surface area contributed by atoms with Crippen molar-refractivity contribution in [1.29, 1.82) is 0 Å². The topological polar surface area (TPSA) is 29.9 Å². The van der Waals surface area contributed by atoms with Crippen molar-refractivity contribution in [3.63, 3.8) is 0 Å². The average Bonchev–Trinajstić information content (AvgIpc) is 2.97. The minimum atomic E-state index is 0.422. The van der Waals surface area contributed by atoms with Crippen LogP contribution in [-0.4, -0.2) is 15.6 Å². The van der Waals surface area contributed by atoms with Gasteiger partial charge in [0.2, 0.25) is 0 Å². The maximum Gasteiger partial charge on any atom is 0.0946 e. The second-order valence-electron chi connectivity index (χ2n) is 5.43. The fraction of sp³-hybridized carbons (Fsp3) is 0.471. The van der Waals surface area contributed by atoms with E-state index in [1.807, 2.05) is 18.7 Å². The third kappa shape index (κ3) is 4.49. The first-order valence-corrected chi connectivity index (χ1v) is 7.56. The molecule has 1 heterocycles. The predicted octanol–water partition coefficient (Wildman–Crippen LogP) is 3.79. The zero-order chi connectivity index (χ0) is 14.2. The van der Waals surface area contributed by atoms with Gasteiger partial charge in [-0.1, -0.05) is 50.1 Å². The molecular weight excluding hydrogens is 246 g/mol. The molecule has 3 nitrogen and oxygen atoms in total. The van der Waals surface area contributed by atoms with E-state index in [1.54, 1.807) is 0 Å². The molecule has 2 aromatic rings. The first-order valence-electron chi connectivity index (χ1n) is 7.56. The maximum atomic E-state index is 4.10. The van der Waals surface area contributed by atoms with Gasteiger partial charge in [-0.3, -0.25) is 0 Å². The number of rotatable bonds is 8. The van der Waals surface area contributed by atoms with Gasteiger partial charge in [0.1, 0.15) is 0 Å². The fourth-order valence-corrected chi connectivity index (χ4v) is 2.55. The molecule has 0 spiro atoms. The standard InChI is InChI=1S/C17H25N3/c1-3-4-10-17(16-8-6-5-7-9-16)19-15(2)13-20-12-11-18-14-20/h5-9,11-12,14-15,17,19H,3-4,10,13H2,1-2H3. The van der Waals surface area contributed by atoms with Crippen LogP contribution in [0.1, 0.15) is 44.7 Å². The summed E-state index contributed by atoms with van der Waals surface area (Å²) in [5.74, 6) is 0. The van der Waals surface area contributed by atoms with Crippen LogP contribution in [0.3, 0.4) is 0 Å². The summed E-state index contributed by atoms with van der Waals surface area (Å²) in [5.41, 5.74) is 1.39. The van der Waals surface area contributed by atoms with Gasteiger partial charge in [-0.2, -0.15) is 0 Å². The summed E-state index contributed by atoms with van der Waals surface area (Å²) >= 11 is 0. The molecule has 0 aliphatic rings. The van der Waals surface area contributed by atoms with E-state index in [-0.39, 0.29) is 0 Å². The van der Waals surface area contributed by atoms with Gasteiger partial charge in [-0.05, 0) is 18.9 Å². The third-order valence-corrected chi connectivity index (χ3v) is 3.58. The Kier molecular flexibility index (Phi) is 5.81. The highest BCUT2D eigenvalue weighted by atomic mass is 15.1. The number of benzene rings is 1. The highest BCUT2D eigenvalue weighted by Crippen LogP contribution is 2.20. The van der Waals surface area contributed by atoms with Crippen LogP contribution in [0.2, 0.25) is 0 Å². The lowest BCUT2D eigenvalue weighted by atomic mass is 10.0. The van der Waals surface area contributed by atoms with E-state index >= 15 is 0 Å². The monoisotopic (exact) mass is 271 g/mol. The van der Waals surface area contributed by atoms with Gasteiger partial charge >= 0.3 is 0 Å². The van der Waals surface area contributed by atoms with Crippen molar-refractivity contribution in [1.82, 2.24) is 14.9 Å². The van der Waals surface area contributed by atoms with E-state index in [0.717, 1.165) is 6.54 Å². The van der Waals surface area contributed by atoms with E-state index in [0.29, 0.717) is 12.1 Å². The lowest BCUT2D eigenvalue weighted by Crippen LogP contribution is -2.33. The Hall–Kier alpha value is -1.61. The second kappa shape index (κ2) is 7.85. The van der Waals surface area contributed by atoms with E-state index in [9.17, 15) is 0 Å². The highest BCUT2D eigenvalue weighted by molar-refractivity contribution is 5.18. The summed E-state index contributed by atoms with van der Waals surface area (Å²) in [5, 5.41) is 3.76. The smallest absolute Gasteiger partial charge is 0.0946 e. The van der Waals surface area contributed by atoms with E-state index in [2.05, 4.69) is 59.0 Å². The zero-order valence-corrected chi connectivity index (χ0v) is 12.5. The molecule has 0 saturated heterocycles. The molecule has 108 valence electrons. The Morgan fingerprint density at radius 1 is 1.25 bits per heavy atom. The Morgan fingerprint density at radius 3 is 2.70 bits per heavy atom. The number of nitrogens with one attached hydrogen (secondary N) is 1. The second-order valence-corrected chi connectivity index (χ2v) is 5.43. The average molecular weight is 271 g/mol. The molecule has 2 atom stereocenters. The van der Waals surface area contributed by atoms with Gasteiger partial charge < -0.3 is 9.88 Å². The summed E-state index contributed by atoms with van der Waals surface area (Å²) in [6.07, 6.45) is 9.40. The largest absolute Gasteiger partial charge is 0.336 e. The van der Waals surface area contributed by atoms with Crippen LogP contribution in [0.4, 0.5) is 0 Å². The molecule has 2 unspecified atom stereocenters. The van der Waals surface area contributed by atoms with Gasteiger partial charge in [-0.15, -0.1) is 0 Å². The first-order chi connectivity index (χ1) is 9.79. The van der Waals surface area contributed by atoms with Crippen molar-refractivity contribution in [2.75, 3.05) is 0 Å². The Bertz CT molecular complexity index is 464. The van der Waals surface area contributed by atoms with Crippen LogP contribution >= 0.6 is 0 Å². The fourth-order valence-electron chi connectivity index (χ4n) is 2.55. The summed E-state index contributed by atoms with van der Waals surface area (Å²) in [6, 6.07) is 11.6. The van der Waals surface area contributed by atoms with Crippen molar-refractivity contribution in [2.45, 2.75) is 51.7 Å². The molecular formula is C17H25N3. The van der Waals surface area contributed by atoms with Crippen LogP contribution < -0.4 is 5.32 Å². The summed E-state index contributed by atoms with van der Waals surface area (Å²) in [7, 11) is 0. The number of hydrogen-bond acceptors (Lipinski definition) is 2. The van der Waals surface area contributed by atoms with Crippen molar-refractivity contribution >= 4 is 0 Å². The zero-order valence-electron chi connectivity index (χ0n) is 12.5. The van der Waals surface area contributed by atoms with E-state index in [1.165, 1.54) is 24.8 Å². The Morgan fingerprint density at radius 2 is 2.05 bits per heavy atom. The highest BCUT2D eigenvalue weighted by Gasteiger charge is 2.13. The Balaban J connectivity index is 1.96. The summed E-state index contributed by atoms with van der Waals surface area (Å²) in [6.45, 7) is 5.44. The third-order valence-electron chi connectivity index (χ3n) is 3.58. The summed E-state index contributed by atoms with van der Waals surface area (Å²) < 4.78 is 2.12. The van der Waals surface area contributed by atoms with Crippen LogP contribution in [0.5, 0.6) is 0 Å². The minimum Gasteiger partial charge on any atom is -0.336 e. The molecule has 0 aliphatic carbocycles. The molecule has 0 amide bonds. The van der Waals surface area contributed by atoms with E-state index in [4.69, 9.17) is 0 Å². The first kappa shape index (κ1) is 14.8. The van der Waals surface area contributed by atoms with Gasteiger partial charge in [0, 0.05) is 31.0 Å². The molecule has 1 N–H and O–H groups in total. The molecule has 1 aromatic carbocycles. The Labute approximate surface area is 122 Å². The maximum absolute atomic E-state index is 4.10. The lowest BCUT2D eigenvalue weighted by molar-refractivity contribution is 0.391. The molecule has 3 heteroatoms. The molecule has 0 radical (unpaired) electrons. The molecule has 2 rings (SSSR count). The number of hydrogen-bond donors (Lipinski definition) is 1. The van der Waals surface area contributed by atoms with Crippen molar-refractivity contribution < 1.29 is 0 Å². The van der Waals surface area contributed by atoms with Crippen LogP contribution in [0.25, 0.3) is 0 Å². The molecule has 0 aliphatic heterocycles. The van der Waals surface area contributed by atoms with Crippen LogP contribution in [0, 0.1) is 0 Å². The normalized spacial score (nSPS) is 14.1. The van der Waals surface area contributed by atoms with Gasteiger partial charge in [0.05, 0.1) is 6.33 Å². The minimum absolute atomic E-state index is 0.422. The van der Waals surface area contributed by atoms with Gasteiger partial charge in [0.15, 0.2) is 0 Å². The molecule has 20 heavy (non-hydrogen) atoms. The van der Waals surface area contributed by atoms with E-state index < -0.39 is 0 Å². The number of nitrogens with zero attached hydrogens (tertiary/aromatic N) is 2. The van der Waals surface area contributed by atoms with Gasteiger partial charge in [0.25, 0.3) is 0 Å². The van der Waals surface area contributed by atoms with Crippen LogP contribution in [-0.2, 0) is 6.54 Å².